The molecule has 0 atom stereocenters. The largest absolute Gasteiger partial charge is 0.325 e. The highest BCUT2D eigenvalue weighted by Crippen LogP contribution is 2.04. The van der Waals surface area contributed by atoms with Crippen molar-refractivity contribution in [1.82, 2.24) is 10.3 Å². The predicted octanol–water partition coefficient (Wildman–Crippen LogP) is 0.870. The van der Waals surface area contributed by atoms with Gasteiger partial charge >= 0.3 is 0 Å². The Labute approximate surface area is 103 Å². The lowest BCUT2D eigenvalue weighted by atomic mass is 10.3. The number of nitrogens with one attached hydrogen (secondary N) is 2. The van der Waals surface area contributed by atoms with Gasteiger partial charge in [-0.1, -0.05) is 18.2 Å². The Morgan fingerprint density at radius 1 is 1.29 bits per heavy atom. The third-order valence-corrected chi connectivity index (χ3v) is 2.21. The Morgan fingerprint density at radius 2 is 2.00 bits per heavy atom. The van der Waals surface area contributed by atoms with Crippen LogP contribution in [0, 0.1) is 0 Å². The van der Waals surface area contributed by atoms with Crippen LogP contribution < -0.4 is 16.6 Å². The Hall–Kier alpha value is -1.59. The van der Waals surface area contributed by atoms with Crippen LogP contribution in [0.2, 0.25) is 0 Å². The molecule has 94 valence electrons. The number of hydrogen-bond donors (Lipinski definition) is 3. The van der Waals surface area contributed by atoms with Crippen LogP contribution in [-0.4, -0.2) is 38.0 Å². The molecular formula is C12H21N5. The molecule has 0 saturated heterocycles. The van der Waals surface area contributed by atoms with E-state index in [9.17, 15) is 0 Å². The van der Waals surface area contributed by atoms with Gasteiger partial charge in [-0.3, -0.25) is 10.4 Å². The highest BCUT2D eigenvalue weighted by molar-refractivity contribution is 5.93. The smallest absolute Gasteiger partial charge is 0.210 e. The molecule has 17 heavy (non-hydrogen) atoms. The van der Waals surface area contributed by atoms with Crippen molar-refractivity contribution in [1.29, 1.82) is 0 Å². The highest BCUT2D eigenvalue weighted by Gasteiger charge is 1.96. The van der Waals surface area contributed by atoms with E-state index in [0.29, 0.717) is 5.96 Å². The van der Waals surface area contributed by atoms with E-state index in [1.54, 1.807) is 0 Å². The van der Waals surface area contributed by atoms with Crippen molar-refractivity contribution in [3.8, 4) is 0 Å². The number of aliphatic imine (C=N–C) groups is 1. The van der Waals surface area contributed by atoms with E-state index >= 15 is 0 Å². The SMILES string of the molecule is CN(C)CCCN=C(NN)Nc1ccccc1. The van der Waals surface area contributed by atoms with Crippen LogP contribution in [0.25, 0.3) is 0 Å². The molecule has 0 heterocycles. The zero-order valence-corrected chi connectivity index (χ0v) is 10.5. The normalized spacial score (nSPS) is 11.6. The number of rotatable bonds is 5. The van der Waals surface area contributed by atoms with Gasteiger partial charge in [0.05, 0.1) is 0 Å². The zero-order chi connectivity index (χ0) is 12.5. The van der Waals surface area contributed by atoms with Crippen molar-refractivity contribution < 1.29 is 0 Å². The maximum Gasteiger partial charge on any atom is 0.210 e. The molecular weight excluding hydrogens is 214 g/mol. The number of nitrogens with zero attached hydrogens (tertiary/aromatic N) is 2. The standard InChI is InChI=1S/C12H21N5/c1-17(2)10-6-9-14-12(16-13)15-11-7-4-3-5-8-11/h3-5,7-8H,6,9-10,13H2,1-2H3,(H2,14,15,16). The van der Waals surface area contributed by atoms with Crippen molar-refractivity contribution in [2.24, 2.45) is 10.8 Å². The van der Waals surface area contributed by atoms with Gasteiger partial charge in [0, 0.05) is 12.2 Å². The third-order valence-electron chi connectivity index (χ3n) is 2.21. The summed E-state index contributed by atoms with van der Waals surface area (Å²) < 4.78 is 0. The van der Waals surface area contributed by atoms with Crippen molar-refractivity contribution >= 4 is 11.6 Å². The summed E-state index contributed by atoms with van der Waals surface area (Å²) in [5.74, 6) is 6.00. The van der Waals surface area contributed by atoms with Gasteiger partial charge in [0.25, 0.3) is 0 Å². The number of anilines is 1. The Kier molecular flexibility index (Phi) is 6.06. The van der Waals surface area contributed by atoms with Crippen molar-refractivity contribution in [2.75, 3.05) is 32.5 Å². The molecule has 0 saturated carbocycles. The molecule has 4 N–H and O–H groups in total. The monoisotopic (exact) mass is 235 g/mol. The van der Waals surface area contributed by atoms with Gasteiger partial charge in [-0.25, -0.2) is 5.84 Å². The lowest BCUT2D eigenvalue weighted by molar-refractivity contribution is 0.403. The molecule has 1 aromatic carbocycles. The summed E-state index contributed by atoms with van der Waals surface area (Å²) in [7, 11) is 4.10. The minimum absolute atomic E-state index is 0.593. The van der Waals surface area contributed by atoms with E-state index in [-0.39, 0.29) is 0 Å². The van der Waals surface area contributed by atoms with Crippen molar-refractivity contribution in [3.05, 3.63) is 30.3 Å². The Morgan fingerprint density at radius 3 is 2.59 bits per heavy atom. The summed E-state index contributed by atoms with van der Waals surface area (Å²) in [6.45, 7) is 1.77. The summed E-state index contributed by atoms with van der Waals surface area (Å²) >= 11 is 0. The summed E-state index contributed by atoms with van der Waals surface area (Å²) in [6, 6.07) is 9.82. The molecule has 0 aliphatic rings. The van der Waals surface area contributed by atoms with Crippen LogP contribution in [0.4, 0.5) is 5.69 Å². The van der Waals surface area contributed by atoms with E-state index in [1.165, 1.54) is 0 Å². The average Bonchev–Trinajstić information content (AvgIpc) is 2.34. The molecule has 0 amide bonds. The maximum atomic E-state index is 5.41. The molecule has 1 aromatic rings. The molecule has 5 heteroatoms. The average molecular weight is 235 g/mol. The van der Waals surface area contributed by atoms with E-state index < -0.39 is 0 Å². The fourth-order valence-corrected chi connectivity index (χ4v) is 1.36. The van der Waals surface area contributed by atoms with Crippen LogP contribution in [0.5, 0.6) is 0 Å². The fraction of sp³-hybridized carbons (Fsp3) is 0.417. The van der Waals surface area contributed by atoms with E-state index in [0.717, 1.165) is 25.2 Å². The third kappa shape index (κ3) is 5.89. The number of guanidine groups is 1. The number of benzene rings is 1. The predicted molar refractivity (Wildman–Crippen MR) is 72.9 cm³/mol. The van der Waals surface area contributed by atoms with E-state index in [4.69, 9.17) is 5.84 Å². The number of hydrogen-bond acceptors (Lipinski definition) is 3. The first-order chi connectivity index (χ1) is 8.22. The minimum atomic E-state index is 0.593. The first-order valence-corrected chi connectivity index (χ1v) is 5.70. The molecule has 5 nitrogen and oxygen atoms in total. The zero-order valence-electron chi connectivity index (χ0n) is 10.5. The lowest BCUT2D eigenvalue weighted by Gasteiger charge is -2.10. The lowest BCUT2D eigenvalue weighted by Crippen LogP contribution is -2.36. The van der Waals surface area contributed by atoms with Gasteiger partial charge in [0.1, 0.15) is 0 Å². The number of nitrogens with two attached hydrogens (primary N) is 1. The van der Waals surface area contributed by atoms with Gasteiger partial charge in [0.2, 0.25) is 5.96 Å². The maximum absolute atomic E-state index is 5.41. The molecule has 0 spiro atoms. The summed E-state index contributed by atoms with van der Waals surface area (Å²) in [6.07, 6.45) is 1.01. The van der Waals surface area contributed by atoms with Crippen molar-refractivity contribution in [2.45, 2.75) is 6.42 Å². The molecule has 0 aliphatic heterocycles. The second-order valence-electron chi connectivity index (χ2n) is 4.02. The Bertz CT molecular complexity index is 334. The second kappa shape index (κ2) is 7.65. The summed E-state index contributed by atoms with van der Waals surface area (Å²) in [5.41, 5.74) is 3.53. The quantitative estimate of drug-likeness (QED) is 0.233. The fourth-order valence-electron chi connectivity index (χ4n) is 1.36. The molecule has 0 aromatic heterocycles. The summed E-state index contributed by atoms with van der Waals surface area (Å²) in [5, 5.41) is 3.12. The first kappa shape index (κ1) is 13.5. The molecule has 1 rings (SSSR count). The van der Waals surface area contributed by atoms with Crippen LogP contribution in [0.1, 0.15) is 6.42 Å². The van der Waals surface area contributed by atoms with Crippen LogP contribution in [0.3, 0.4) is 0 Å². The van der Waals surface area contributed by atoms with Crippen LogP contribution in [0.15, 0.2) is 35.3 Å². The number of hydrazine groups is 1. The van der Waals surface area contributed by atoms with E-state index in [1.807, 2.05) is 44.4 Å². The molecule has 0 fully saturated rings. The molecule has 0 unspecified atom stereocenters. The number of para-hydroxylation sites is 1. The topological polar surface area (TPSA) is 65.7 Å². The van der Waals surface area contributed by atoms with Crippen LogP contribution >= 0.6 is 0 Å². The second-order valence-corrected chi connectivity index (χ2v) is 4.02. The van der Waals surface area contributed by atoms with Crippen LogP contribution in [-0.2, 0) is 0 Å². The minimum Gasteiger partial charge on any atom is -0.325 e. The van der Waals surface area contributed by atoms with E-state index in [2.05, 4.69) is 20.6 Å². The van der Waals surface area contributed by atoms with Gasteiger partial charge in [-0.2, -0.15) is 0 Å². The molecule has 0 aliphatic carbocycles. The molecule has 0 bridgehead atoms. The Balaban J connectivity index is 2.40. The summed E-state index contributed by atoms with van der Waals surface area (Å²) in [4.78, 5) is 6.49. The first-order valence-electron chi connectivity index (χ1n) is 5.70. The van der Waals surface area contributed by atoms with Gasteiger partial charge in [-0.05, 0) is 39.2 Å². The molecule has 0 radical (unpaired) electrons. The van der Waals surface area contributed by atoms with Gasteiger partial charge in [-0.15, -0.1) is 0 Å². The van der Waals surface area contributed by atoms with Gasteiger partial charge in [0.15, 0.2) is 0 Å². The van der Waals surface area contributed by atoms with Crippen molar-refractivity contribution in [3.63, 3.8) is 0 Å². The van der Waals surface area contributed by atoms with Gasteiger partial charge < -0.3 is 10.2 Å². The highest BCUT2D eigenvalue weighted by atomic mass is 15.3.